The molecule has 2 N–H and O–H groups in total. The Balaban J connectivity index is 2.33. The second-order valence-corrected chi connectivity index (χ2v) is 4.41. The van der Waals surface area contributed by atoms with E-state index < -0.39 is 17.2 Å². The van der Waals surface area contributed by atoms with Crippen LogP contribution in [0.2, 0.25) is 0 Å². The van der Waals surface area contributed by atoms with Gasteiger partial charge in [-0.25, -0.2) is 9.59 Å². The number of nitrogens with zero attached hydrogens (tertiary/aromatic N) is 1. The number of hydrogen-bond donors (Lipinski definition) is 2. The lowest BCUT2D eigenvalue weighted by molar-refractivity contribution is 0.0693. The van der Waals surface area contributed by atoms with Crippen LogP contribution in [-0.4, -0.2) is 20.6 Å². The van der Waals surface area contributed by atoms with E-state index in [1.165, 1.54) is 4.57 Å². The molecule has 0 bridgehead atoms. The largest absolute Gasteiger partial charge is 0.477 e. The topological polar surface area (TPSA) is 92.2 Å². The molecule has 0 amide bonds. The zero-order valence-electron chi connectivity index (χ0n) is 9.31. The van der Waals surface area contributed by atoms with E-state index in [-0.39, 0.29) is 5.56 Å². The van der Waals surface area contributed by atoms with Gasteiger partial charge in [0.05, 0.1) is 0 Å². The molecule has 6 nitrogen and oxygen atoms in total. The lowest BCUT2D eigenvalue weighted by atomic mass is 10.1. The van der Waals surface area contributed by atoms with Crippen molar-refractivity contribution in [3.8, 4) is 0 Å². The van der Waals surface area contributed by atoms with Crippen molar-refractivity contribution in [1.82, 2.24) is 9.55 Å². The molecule has 0 unspecified atom stereocenters. The standard InChI is InChI=1S/C11H14N2O4/c14-9-8(10(15)16)6-13(11(17)12-9)5-7-3-1-2-4-7/h6-7H,1-5H2,(H,15,16)(H,12,14,17). The molecule has 6 heteroatoms. The van der Waals surface area contributed by atoms with E-state index in [1.54, 1.807) is 0 Å². The second kappa shape index (κ2) is 4.57. The monoisotopic (exact) mass is 238 g/mol. The van der Waals surface area contributed by atoms with E-state index in [9.17, 15) is 14.4 Å². The quantitative estimate of drug-likeness (QED) is 0.798. The summed E-state index contributed by atoms with van der Waals surface area (Å²) in [5, 5.41) is 8.81. The summed E-state index contributed by atoms with van der Waals surface area (Å²) in [6, 6.07) is 0. The van der Waals surface area contributed by atoms with Gasteiger partial charge in [-0.3, -0.25) is 14.3 Å². The van der Waals surface area contributed by atoms with Crippen molar-refractivity contribution in [2.75, 3.05) is 0 Å². The van der Waals surface area contributed by atoms with Crippen LogP contribution in [0.3, 0.4) is 0 Å². The third-order valence-electron chi connectivity index (χ3n) is 3.17. The van der Waals surface area contributed by atoms with Gasteiger partial charge >= 0.3 is 11.7 Å². The third-order valence-corrected chi connectivity index (χ3v) is 3.17. The van der Waals surface area contributed by atoms with E-state index in [1.807, 2.05) is 4.98 Å². The first-order valence-electron chi connectivity index (χ1n) is 5.65. The van der Waals surface area contributed by atoms with E-state index in [4.69, 9.17) is 5.11 Å². The highest BCUT2D eigenvalue weighted by Crippen LogP contribution is 2.25. The van der Waals surface area contributed by atoms with Gasteiger partial charge in [0, 0.05) is 12.7 Å². The first kappa shape index (κ1) is 11.6. The van der Waals surface area contributed by atoms with Gasteiger partial charge in [0.2, 0.25) is 0 Å². The van der Waals surface area contributed by atoms with E-state index in [0.717, 1.165) is 31.9 Å². The molecule has 0 atom stereocenters. The molecule has 2 rings (SSSR count). The highest BCUT2D eigenvalue weighted by molar-refractivity contribution is 5.86. The molecule has 1 aliphatic rings. The van der Waals surface area contributed by atoms with Crippen molar-refractivity contribution >= 4 is 5.97 Å². The summed E-state index contributed by atoms with van der Waals surface area (Å²) in [6.07, 6.45) is 5.53. The van der Waals surface area contributed by atoms with Gasteiger partial charge < -0.3 is 5.11 Å². The number of aromatic carboxylic acids is 1. The Morgan fingerprint density at radius 1 is 1.41 bits per heavy atom. The number of H-pyrrole nitrogens is 1. The van der Waals surface area contributed by atoms with Crippen LogP contribution in [0, 0.1) is 5.92 Å². The Morgan fingerprint density at radius 3 is 2.65 bits per heavy atom. The fraction of sp³-hybridized carbons (Fsp3) is 0.545. The van der Waals surface area contributed by atoms with Crippen molar-refractivity contribution in [2.24, 2.45) is 5.92 Å². The van der Waals surface area contributed by atoms with Gasteiger partial charge in [-0.1, -0.05) is 12.8 Å². The summed E-state index contributed by atoms with van der Waals surface area (Å²) in [5.74, 6) is -0.910. The average Bonchev–Trinajstić information content (AvgIpc) is 2.74. The minimum atomic E-state index is -1.31. The SMILES string of the molecule is O=C(O)c1cn(CC2CCCC2)c(=O)[nH]c1=O. The minimum absolute atomic E-state index is 0.386. The Bertz CT molecular complexity index is 537. The maximum Gasteiger partial charge on any atom is 0.342 e. The molecule has 1 aliphatic carbocycles. The summed E-state index contributed by atoms with van der Waals surface area (Å²) in [6.45, 7) is 0.482. The molecule has 0 aliphatic heterocycles. The maximum atomic E-state index is 11.5. The molecule has 0 saturated heterocycles. The van der Waals surface area contributed by atoms with Crippen molar-refractivity contribution in [2.45, 2.75) is 32.2 Å². The van der Waals surface area contributed by atoms with E-state index in [0.29, 0.717) is 12.5 Å². The molecular weight excluding hydrogens is 224 g/mol. The highest BCUT2D eigenvalue weighted by Gasteiger charge is 2.18. The molecule has 1 fully saturated rings. The zero-order valence-corrected chi connectivity index (χ0v) is 9.31. The lowest BCUT2D eigenvalue weighted by Gasteiger charge is -2.11. The number of carboxylic acid groups (broad SMARTS) is 1. The maximum absolute atomic E-state index is 11.5. The molecule has 1 aromatic heterocycles. The summed E-state index contributed by atoms with van der Waals surface area (Å²) in [5.41, 5.74) is -1.76. The fourth-order valence-corrected chi connectivity index (χ4v) is 2.27. The summed E-state index contributed by atoms with van der Waals surface area (Å²) in [7, 11) is 0. The summed E-state index contributed by atoms with van der Waals surface area (Å²) in [4.78, 5) is 35.6. The first-order valence-corrected chi connectivity index (χ1v) is 5.65. The number of aromatic nitrogens is 2. The normalized spacial score (nSPS) is 16.2. The number of hydrogen-bond acceptors (Lipinski definition) is 3. The molecule has 92 valence electrons. The predicted octanol–water partition coefficient (Wildman–Crippen LogP) is 0.425. The van der Waals surface area contributed by atoms with Gasteiger partial charge in [0.1, 0.15) is 5.56 Å². The molecule has 0 radical (unpaired) electrons. The number of aromatic amines is 1. The Morgan fingerprint density at radius 2 is 2.06 bits per heavy atom. The predicted molar refractivity (Wildman–Crippen MR) is 60.2 cm³/mol. The molecule has 1 heterocycles. The number of nitrogens with one attached hydrogen (secondary N) is 1. The molecule has 1 aromatic rings. The smallest absolute Gasteiger partial charge is 0.342 e. The van der Waals surface area contributed by atoms with Gasteiger partial charge in [-0.15, -0.1) is 0 Å². The van der Waals surface area contributed by atoms with Crippen LogP contribution in [0.15, 0.2) is 15.8 Å². The van der Waals surface area contributed by atoms with Crippen LogP contribution in [-0.2, 0) is 6.54 Å². The minimum Gasteiger partial charge on any atom is -0.477 e. The van der Waals surface area contributed by atoms with Gasteiger partial charge in [0.15, 0.2) is 0 Å². The molecule has 0 spiro atoms. The zero-order chi connectivity index (χ0) is 12.4. The number of carbonyl (C=O) groups is 1. The molecule has 1 saturated carbocycles. The second-order valence-electron chi connectivity index (χ2n) is 4.41. The van der Waals surface area contributed by atoms with Crippen LogP contribution >= 0.6 is 0 Å². The van der Waals surface area contributed by atoms with Crippen LogP contribution in [0.25, 0.3) is 0 Å². The van der Waals surface area contributed by atoms with Crippen LogP contribution in [0.4, 0.5) is 0 Å². The average molecular weight is 238 g/mol. The van der Waals surface area contributed by atoms with E-state index in [2.05, 4.69) is 0 Å². The van der Waals surface area contributed by atoms with Gasteiger partial charge in [-0.2, -0.15) is 0 Å². The third kappa shape index (κ3) is 2.46. The van der Waals surface area contributed by atoms with Gasteiger partial charge in [-0.05, 0) is 18.8 Å². The lowest BCUT2D eigenvalue weighted by Crippen LogP contribution is -2.34. The first-order chi connectivity index (χ1) is 8.08. The van der Waals surface area contributed by atoms with Crippen LogP contribution in [0.5, 0.6) is 0 Å². The van der Waals surface area contributed by atoms with Crippen LogP contribution < -0.4 is 11.2 Å². The van der Waals surface area contributed by atoms with Crippen molar-refractivity contribution < 1.29 is 9.90 Å². The van der Waals surface area contributed by atoms with Crippen molar-refractivity contribution in [1.29, 1.82) is 0 Å². The summed E-state index contributed by atoms with van der Waals surface area (Å²) < 4.78 is 1.29. The number of rotatable bonds is 3. The summed E-state index contributed by atoms with van der Waals surface area (Å²) >= 11 is 0. The fourth-order valence-electron chi connectivity index (χ4n) is 2.27. The molecule has 0 aromatic carbocycles. The molecular formula is C11H14N2O4. The Kier molecular flexibility index (Phi) is 3.12. The Labute approximate surface area is 96.9 Å². The highest BCUT2D eigenvalue weighted by atomic mass is 16.4. The van der Waals surface area contributed by atoms with Gasteiger partial charge in [0.25, 0.3) is 5.56 Å². The Hall–Kier alpha value is -1.85. The molecule has 17 heavy (non-hydrogen) atoms. The van der Waals surface area contributed by atoms with E-state index >= 15 is 0 Å². The van der Waals surface area contributed by atoms with Crippen molar-refractivity contribution in [3.63, 3.8) is 0 Å². The number of carboxylic acids is 1. The van der Waals surface area contributed by atoms with Crippen LogP contribution in [0.1, 0.15) is 36.0 Å². The van der Waals surface area contributed by atoms with Crippen molar-refractivity contribution in [3.05, 3.63) is 32.6 Å².